The van der Waals surface area contributed by atoms with Crippen LogP contribution in [0.15, 0.2) is 23.1 Å². The summed E-state index contributed by atoms with van der Waals surface area (Å²) in [4.78, 5) is 0.128. The lowest BCUT2D eigenvalue weighted by molar-refractivity contribution is 0.0712. The number of aryl methyl sites for hydroxylation is 1. The van der Waals surface area contributed by atoms with Crippen LogP contribution >= 0.6 is 0 Å². The lowest BCUT2D eigenvalue weighted by Crippen LogP contribution is -2.46. The molecule has 2 rings (SSSR count). The summed E-state index contributed by atoms with van der Waals surface area (Å²) in [5, 5.41) is 17.9. The van der Waals surface area contributed by atoms with E-state index in [4.69, 9.17) is 10.4 Å². The Morgan fingerprint density at radius 2 is 2.11 bits per heavy atom. The Morgan fingerprint density at radius 1 is 1.44 bits per heavy atom. The molecule has 0 atom stereocenters. The molecule has 1 aliphatic carbocycles. The van der Waals surface area contributed by atoms with Crippen molar-refractivity contribution in [3.8, 4) is 6.07 Å². The fourth-order valence-corrected chi connectivity index (χ4v) is 3.46. The van der Waals surface area contributed by atoms with E-state index < -0.39 is 16.1 Å². The van der Waals surface area contributed by atoms with Crippen LogP contribution in [0.3, 0.4) is 0 Å². The van der Waals surface area contributed by atoms with E-state index in [9.17, 15) is 8.42 Å². The Hall–Kier alpha value is -1.42. The maximum Gasteiger partial charge on any atom is 0.241 e. The summed E-state index contributed by atoms with van der Waals surface area (Å²) >= 11 is 0. The van der Waals surface area contributed by atoms with Crippen LogP contribution in [-0.4, -0.2) is 25.7 Å². The molecular weight excluding hydrogens is 252 g/mol. The molecule has 0 saturated heterocycles. The molecule has 1 aliphatic rings. The zero-order valence-corrected chi connectivity index (χ0v) is 10.7. The van der Waals surface area contributed by atoms with Gasteiger partial charge in [-0.3, -0.25) is 0 Å². The average Bonchev–Trinajstić information content (AvgIpc) is 2.27. The largest absolute Gasteiger partial charge is 0.393 e. The number of hydrogen-bond donors (Lipinski definition) is 2. The molecule has 0 bridgehead atoms. The van der Waals surface area contributed by atoms with Crippen molar-refractivity contribution in [3.05, 3.63) is 29.3 Å². The van der Waals surface area contributed by atoms with Crippen LogP contribution in [0, 0.1) is 18.3 Å². The predicted octanol–water partition coefficient (Wildman–Crippen LogP) is 0.668. The van der Waals surface area contributed by atoms with Gasteiger partial charge in [0.1, 0.15) is 0 Å². The SMILES string of the molecule is Cc1ccc(C#N)cc1S(=O)(=O)NC1CC(O)C1. The maximum absolute atomic E-state index is 12.1. The molecule has 0 spiro atoms. The van der Waals surface area contributed by atoms with E-state index in [1.54, 1.807) is 19.1 Å². The van der Waals surface area contributed by atoms with Crippen LogP contribution in [0.5, 0.6) is 0 Å². The fourth-order valence-electron chi connectivity index (χ4n) is 1.93. The van der Waals surface area contributed by atoms with Crippen molar-refractivity contribution in [2.24, 2.45) is 0 Å². The van der Waals surface area contributed by atoms with Crippen molar-refractivity contribution in [1.82, 2.24) is 4.72 Å². The van der Waals surface area contributed by atoms with Gasteiger partial charge < -0.3 is 5.11 Å². The van der Waals surface area contributed by atoms with E-state index in [-0.39, 0.29) is 10.9 Å². The number of sulfonamides is 1. The number of nitriles is 1. The first-order chi connectivity index (χ1) is 8.42. The van der Waals surface area contributed by atoms with Crippen molar-refractivity contribution in [2.75, 3.05) is 0 Å². The van der Waals surface area contributed by atoms with Crippen molar-refractivity contribution >= 4 is 10.0 Å². The fraction of sp³-hybridized carbons (Fsp3) is 0.417. The quantitative estimate of drug-likeness (QED) is 0.841. The van der Waals surface area contributed by atoms with Crippen LogP contribution in [0.25, 0.3) is 0 Å². The van der Waals surface area contributed by atoms with Crippen molar-refractivity contribution in [2.45, 2.75) is 36.8 Å². The number of benzene rings is 1. The summed E-state index contributed by atoms with van der Waals surface area (Å²) in [5.74, 6) is 0. The Balaban J connectivity index is 2.27. The van der Waals surface area contributed by atoms with Crippen LogP contribution in [0.2, 0.25) is 0 Å². The van der Waals surface area contributed by atoms with Crippen molar-refractivity contribution in [1.29, 1.82) is 5.26 Å². The van der Waals surface area contributed by atoms with E-state index in [0.29, 0.717) is 24.0 Å². The summed E-state index contributed by atoms with van der Waals surface area (Å²) in [7, 11) is -3.62. The van der Waals surface area contributed by atoms with E-state index in [1.165, 1.54) is 6.07 Å². The zero-order valence-electron chi connectivity index (χ0n) is 9.92. The monoisotopic (exact) mass is 266 g/mol. The molecule has 1 fully saturated rings. The van der Waals surface area contributed by atoms with E-state index in [0.717, 1.165) is 0 Å². The smallest absolute Gasteiger partial charge is 0.241 e. The number of aliphatic hydroxyl groups is 1. The Kier molecular flexibility index (Phi) is 3.39. The molecule has 0 aromatic heterocycles. The number of rotatable bonds is 3. The van der Waals surface area contributed by atoms with E-state index in [2.05, 4.69) is 4.72 Å². The minimum Gasteiger partial charge on any atom is -0.393 e. The van der Waals surface area contributed by atoms with Gasteiger partial charge in [-0.1, -0.05) is 6.07 Å². The molecule has 1 aromatic carbocycles. The van der Waals surface area contributed by atoms with Gasteiger partial charge in [0, 0.05) is 6.04 Å². The second kappa shape index (κ2) is 4.69. The highest BCUT2D eigenvalue weighted by Gasteiger charge is 2.31. The molecule has 5 nitrogen and oxygen atoms in total. The molecule has 0 unspecified atom stereocenters. The van der Waals surface area contributed by atoms with Gasteiger partial charge in [-0.25, -0.2) is 13.1 Å². The normalized spacial score (nSPS) is 23.2. The van der Waals surface area contributed by atoms with Crippen LogP contribution in [-0.2, 0) is 10.0 Å². The molecule has 0 radical (unpaired) electrons. The van der Waals surface area contributed by atoms with Gasteiger partial charge in [-0.05, 0) is 37.5 Å². The Morgan fingerprint density at radius 3 is 2.67 bits per heavy atom. The molecule has 96 valence electrons. The second-order valence-electron chi connectivity index (χ2n) is 4.54. The molecule has 2 N–H and O–H groups in total. The number of hydrogen-bond acceptors (Lipinski definition) is 4. The molecule has 6 heteroatoms. The van der Waals surface area contributed by atoms with Gasteiger partial charge in [0.05, 0.1) is 22.6 Å². The minimum absolute atomic E-state index is 0.128. The maximum atomic E-state index is 12.1. The van der Waals surface area contributed by atoms with Gasteiger partial charge in [-0.2, -0.15) is 5.26 Å². The lowest BCUT2D eigenvalue weighted by Gasteiger charge is -2.31. The first kappa shape index (κ1) is 13.0. The van der Waals surface area contributed by atoms with E-state index in [1.807, 2.05) is 6.07 Å². The second-order valence-corrected chi connectivity index (χ2v) is 6.22. The molecule has 0 heterocycles. The zero-order chi connectivity index (χ0) is 13.3. The third-order valence-electron chi connectivity index (χ3n) is 3.04. The summed E-state index contributed by atoms with van der Waals surface area (Å²) in [6.45, 7) is 1.69. The highest BCUT2D eigenvalue weighted by molar-refractivity contribution is 7.89. The standard InChI is InChI=1S/C12H14N2O3S/c1-8-2-3-9(7-13)4-12(8)18(16,17)14-10-5-11(15)6-10/h2-4,10-11,14-15H,5-6H2,1H3. The van der Waals surface area contributed by atoms with Gasteiger partial charge in [-0.15, -0.1) is 0 Å². The summed E-state index contributed by atoms with van der Waals surface area (Å²) in [6, 6.07) is 6.28. The summed E-state index contributed by atoms with van der Waals surface area (Å²) in [6.07, 6.45) is 0.469. The summed E-state index contributed by atoms with van der Waals surface area (Å²) in [5.41, 5.74) is 0.913. The number of nitrogens with zero attached hydrogens (tertiary/aromatic N) is 1. The van der Waals surface area contributed by atoms with Crippen LogP contribution in [0.4, 0.5) is 0 Å². The highest BCUT2D eigenvalue weighted by atomic mass is 32.2. The molecule has 1 saturated carbocycles. The summed E-state index contributed by atoms with van der Waals surface area (Å²) < 4.78 is 26.8. The van der Waals surface area contributed by atoms with Gasteiger partial charge >= 0.3 is 0 Å². The molecule has 1 aromatic rings. The number of aliphatic hydroxyl groups excluding tert-OH is 1. The highest BCUT2D eigenvalue weighted by Crippen LogP contribution is 2.23. The molecular formula is C12H14N2O3S. The van der Waals surface area contributed by atoms with E-state index >= 15 is 0 Å². The van der Waals surface area contributed by atoms with Gasteiger partial charge in [0.25, 0.3) is 0 Å². The minimum atomic E-state index is -3.62. The molecule has 18 heavy (non-hydrogen) atoms. The third kappa shape index (κ3) is 2.53. The lowest BCUT2D eigenvalue weighted by atomic mass is 9.91. The predicted molar refractivity (Wildman–Crippen MR) is 65.2 cm³/mol. The Labute approximate surface area is 106 Å². The molecule has 0 aliphatic heterocycles. The van der Waals surface area contributed by atoms with Crippen LogP contribution < -0.4 is 4.72 Å². The van der Waals surface area contributed by atoms with Gasteiger partial charge in [0.15, 0.2) is 0 Å². The van der Waals surface area contributed by atoms with Crippen LogP contribution in [0.1, 0.15) is 24.0 Å². The third-order valence-corrected chi connectivity index (χ3v) is 4.70. The van der Waals surface area contributed by atoms with Crippen molar-refractivity contribution < 1.29 is 13.5 Å². The first-order valence-electron chi connectivity index (χ1n) is 5.63. The number of nitrogens with one attached hydrogen (secondary N) is 1. The van der Waals surface area contributed by atoms with Crippen molar-refractivity contribution in [3.63, 3.8) is 0 Å². The molecule has 0 amide bonds. The first-order valence-corrected chi connectivity index (χ1v) is 7.12. The average molecular weight is 266 g/mol. The van der Waals surface area contributed by atoms with Gasteiger partial charge in [0.2, 0.25) is 10.0 Å². The Bertz CT molecular complexity index is 598. The topological polar surface area (TPSA) is 90.2 Å².